The number of benzene rings is 2. The Labute approximate surface area is 130 Å². The lowest BCUT2D eigenvalue weighted by Gasteiger charge is -2.09. The maximum absolute atomic E-state index is 10.9. The van der Waals surface area contributed by atoms with Gasteiger partial charge in [0.15, 0.2) is 0 Å². The summed E-state index contributed by atoms with van der Waals surface area (Å²) in [4.78, 5) is 21.0. The topological polar surface area (TPSA) is 69.4 Å². The highest BCUT2D eigenvalue weighted by Crippen LogP contribution is 2.28. The zero-order chi connectivity index (χ0) is 15.4. The highest BCUT2D eigenvalue weighted by atomic mass is 35.5. The molecule has 0 aliphatic carbocycles. The number of carbonyl (C=O) groups excluding carboxylic acids is 1. The van der Waals surface area contributed by atoms with E-state index in [1.54, 1.807) is 6.07 Å². The van der Waals surface area contributed by atoms with Crippen LogP contribution in [-0.2, 0) is 6.61 Å². The maximum Gasteiger partial charge on any atom is 0.276 e. The number of aldehydes is 1. The molecule has 0 aromatic heterocycles. The van der Waals surface area contributed by atoms with E-state index < -0.39 is 4.92 Å². The molecular formula is C14H9Cl2NO4. The van der Waals surface area contributed by atoms with E-state index >= 15 is 0 Å². The monoisotopic (exact) mass is 325 g/mol. The number of halogens is 2. The van der Waals surface area contributed by atoms with Gasteiger partial charge in [-0.15, -0.1) is 0 Å². The summed E-state index contributed by atoms with van der Waals surface area (Å²) in [6.07, 6.45) is 0.664. The van der Waals surface area contributed by atoms with Gasteiger partial charge in [0.2, 0.25) is 0 Å². The highest BCUT2D eigenvalue weighted by Gasteiger charge is 2.15. The van der Waals surface area contributed by atoms with Crippen molar-refractivity contribution in [2.45, 2.75) is 6.61 Å². The Morgan fingerprint density at radius 1 is 1.19 bits per heavy atom. The van der Waals surface area contributed by atoms with Crippen molar-refractivity contribution in [2.75, 3.05) is 0 Å². The molecule has 2 aromatic carbocycles. The van der Waals surface area contributed by atoms with Crippen LogP contribution in [0.5, 0.6) is 5.75 Å². The number of rotatable bonds is 5. The predicted octanol–water partition coefficient (Wildman–Crippen LogP) is 4.29. The third-order valence-electron chi connectivity index (χ3n) is 2.71. The summed E-state index contributed by atoms with van der Waals surface area (Å²) in [5, 5.41) is 11.6. The van der Waals surface area contributed by atoms with Crippen LogP contribution in [0.25, 0.3) is 0 Å². The summed E-state index contributed by atoms with van der Waals surface area (Å²) in [7, 11) is 0. The van der Waals surface area contributed by atoms with Crippen LogP contribution in [-0.4, -0.2) is 11.2 Å². The zero-order valence-electron chi connectivity index (χ0n) is 10.6. The van der Waals surface area contributed by atoms with E-state index in [0.29, 0.717) is 28.2 Å². The van der Waals surface area contributed by atoms with Crippen LogP contribution in [0.3, 0.4) is 0 Å². The fourth-order valence-electron chi connectivity index (χ4n) is 1.71. The van der Waals surface area contributed by atoms with E-state index in [4.69, 9.17) is 27.9 Å². The van der Waals surface area contributed by atoms with Crippen LogP contribution >= 0.6 is 23.2 Å². The number of nitro groups is 1. The first-order chi connectivity index (χ1) is 10.0. The number of hydrogen-bond donors (Lipinski definition) is 0. The van der Waals surface area contributed by atoms with Gasteiger partial charge in [-0.1, -0.05) is 23.2 Å². The Morgan fingerprint density at radius 2 is 1.95 bits per heavy atom. The smallest absolute Gasteiger partial charge is 0.276 e. The van der Waals surface area contributed by atoms with Crippen molar-refractivity contribution in [1.82, 2.24) is 0 Å². The number of nitrogens with zero attached hydrogens (tertiary/aromatic N) is 1. The van der Waals surface area contributed by atoms with Gasteiger partial charge in [-0.25, -0.2) is 0 Å². The number of hydrogen-bond acceptors (Lipinski definition) is 4. The summed E-state index contributed by atoms with van der Waals surface area (Å²) in [5.41, 5.74) is 0.671. The molecule has 2 rings (SSSR count). The summed E-state index contributed by atoms with van der Waals surface area (Å²) in [6.45, 7) is -0.0585. The fraction of sp³-hybridized carbons (Fsp3) is 0.0714. The van der Waals surface area contributed by atoms with Crippen molar-refractivity contribution in [2.24, 2.45) is 0 Å². The van der Waals surface area contributed by atoms with Crippen molar-refractivity contribution >= 4 is 35.2 Å². The second kappa shape index (κ2) is 6.56. The molecule has 0 radical (unpaired) electrons. The van der Waals surface area contributed by atoms with Gasteiger partial charge in [0.05, 0.1) is 15.5 Å². The lowest BCUT2D eigenvalue weighted by atomic mass is 10.2. The lowest BCUT2D eigenvalue weighted by molar-refractivity contribution is -0.385. The molecule has 2 aromatic rings. The molecule has 0 amide bonds. The molecule has 0 saturated carbocycles. The van der Waals surface area contributed by atoms with Gasteiger partial charge in [0.25, 0.3) is 5.69 Å². The van der Waals surface area contributed by atoms with Gasteiger partial charge in [-0.3, -0.25) is 14.9 Å². The molecule has 0 aliphatic rings. The average molecular weight is 326 g/mol. The molecule has 5 nitrogen and oxygen atoms in total. The van der Waals surface area contributed by atoms with Crippen LogP contribution in [0.1, 0.15) is 15.9 Å². The minimum Gasteiger partial charge on any atom is -0.487 e. The standard InChI is InChI=1S/C14H9Cl2NO4/c15-11-2-3-13(17(19)20)10(6-11)8-21-14-4-1-9(7-18)5-12(14)16/h1-7H,8H2. The fourth-order valence-corrected chi connectivity index (χ4v) is 2.15. The Morgan fingerprint density at radius 3 is 2.57 bits per heavy atom. The Kier molecular flexibility index (Phi) is 4.77. The lowest BCUT2D eigenvalue weighted by Crippen LogP contribution is -2.01. The van der Waals surface area contributed by atoms with Crippen molar-refractivity contribution in [3.8, 4) is 5.75 Å². The molecule has 0 aliphatic heterocycles. The average Bonchev–Trinajstić information content (AvgIpc) is 2.45. The van der Waals surface area contributed by atoms with Crippen molar-refractivity contribution in [3.63, 3.8) is 0 Å². The maximum atomic E-state index is 10.9. The molecule has 0 saturated heterocycles. The third kappa shape index (κ3) is 3.71. The quantitative estimate of drug-likeness (QED) is 0.467. The van der Waals surface area contributed by atoms with Gasteiger partial charge in [-0.2, -0.15) is 0 Å². The minimum absolute atomic E-state index is 0.0585. The Balaban J connectivity index is 2.22. The first-order valence-electron chi connectivity index (χ1n) is 5.81. The normalized spacial score (nSPS) is 10.2. The SMILES string of the molecule is O=Cc1ccc(OCc2cc(Cl)ccc2[N+](=O)[O-])c(Cl)c1. The van der Waals surface area contributed by atoms with Gasteiger partial charge in [0, 0.05) is 16.7 Å². The van der Waals surface area contributed by atoms with E-state index in [1.807, 2.05) is 0 Å². The zero-order valence-corrected chi connectivity index (χ0v) is 12.1. The molecule has 0 heterocycles. The third-order valence-corrected chi connectivity index (χ3v) is 3.24. The van der Waals surface area contributed by atoms with Crippen LogP contribution < -0.4 is 4.74 Å². The summed E-state index contributed by atoms with van der Waals surface area (Å²) in [5.74, 6) is 0.330. The molecule has 7 heteroatoms. The van der Waals surface area contributed by atoms with Crippen LogP contribution in [0.15, 0.2) is 36.4 Å². The van der Waals surface area contributed by atoms with Crippen LogP contribution in [0.2, 0.25) is 10.0 Å². The van der Waals surface area contributed by atoms with Gasteiger partial charge < -0.3 is 4.74 Å². The second-order valence-corrected chi connectivity index (χ2v) is 4.97. The summed E-state index contributed by atoms with van der Waals surface area (Å²) in [6, 6.07) is 8.75. The molecule has 0 fully saturated rings. The molecule has 21 heavy (non-hydrogen) atoms. The predicted molar refractivity (Wildman–Crippen MR) is 79.3 cm³/mol. The van der Waals surface area contributed by atoms with E-state index in [0.717, 1.165) is 0 Å². The molecule has 0 unspecified atom stereocenters. The Bertz CT molecular complexity index is 703. The van der Waals surface area contributed by atoms with Gasteiger partial charge in [-0.05, 0) is 30.3 Å². The summed E-state index contributed by atoms with van der Waals surface area (Å²) < 4.78 is 5.46. The minimum atomic E-state index is -0.508. The van der Waals surface area contributed by atoms with Gasteiger partial charge in [0.1, 0.15) is 18.6 Å². The number of ether oxygens (including phenoxy) is 1. The molecule has 0 atom stereocenters. The summed E-state index contributed by atoms with van der Waals surface area (Å²) >= 11 is 11.8. The van der Waals surface area contributed by atoms with Crippen LogP contribution in [0, 0.1) is 10.1 Å². The molecule has 0 spiro atoms. The molecule has 108 valence electrons. The van der Waals surface area contributed by atoms with Crippen molar-refractivity contribution < 1.29 is 14.5 Å². The second-order valence-electron chi connectivity index (χ2n) is 4.13. The number of carbonyl (C=O) groups is 1. The van der Waals surface area contributed by atoms with Crippen molar-refractivity contribution in [1.29, 1.82) is 0 Å². The first-order valence-corrected chi connectivity index (χ1v) is 6.57. The van der Waals surface area contributed by atoms with Crippen molar-refractivity contribution in [3.05, 3.63) is 67.7 Å². The number of nitro benzene ring substituents is 1. The van der Waals surface area contributed by atoms with Gasteiger partial charge >= 0.3 is 0 Å². The van der Waals surface area contributed by atoms with E-state index in [9.17, 15) is 14.9 Å². The first kappa shape index (κ1) is 15.3. The largest absolute Gasteiger partial charge is 0.487 e. The van der Waals surface area contributed by atoms with E-state index in [1.165, 1.54) is 30.3 Å². The molecule has 0 bridgehead atoms. The van der Waals surface area contributed by atoms with E-state index in [2.05, 4.69) is 0 Å². The highest BCUT2D eigenvalue weighted by molar-refractivity contribution is 6.32. The van der Waals surface area contributed by atoms with Crippen LogP contribution in [0.4, 0.5) is 5.69 Å². The van der Waals surface area contributed by atoms with E-state index in [-0.39, 0.29) is 17.3 Å². The molecular weight excluding hydrogens is 317 g/mol. The Hall–Kier alpha value is -2.11. The molecule has 0 N–H and O–H groups in total.